The molecule has 2 aromatic carbocycles. The maximum Gasteiger partial charge on any atom is 0.338 e. The highest BCUT2D eigenvalue weighted by atomic mass is 32.1. The van der Waals surface area contributed by atoms with E-state index in [4.69, 9.17) is 17.0 Å². The number of carbonyl (C=O) groups is 1. The van der Waals surface area contributed by atoms with Crippen LogP contribution in [-0.2, 0) is 11.2 Å². The van der Waals surface area contributed by atoms with Crippen molar-refractivity contribution in [2.45, 2.75) is 33.3 Å². The van der Waals surface area contributed by atoms with Crippen LogP contribution < -0.4 is 10.6 Å². The summed E-state index contributed by atoms with van der Waals surface area (Å²) >= 11 is 5.33. The van der Waals surface area contributed by atoms with E-state index in [0.29, 0.717) is 10.7 Å². The zero-order valence-corrected chi connectivity index (χ0v) is 14.9. The Bertz CT molecular complexity index is 712. The zero-order valence-electron chi connectivity index (χ0n) is 14.1. The Hall–Kier alpha value is -2.40. The van der Waals surface area contributed by atoms with Gasteiger partial charge >= 0.3 is 5.97 Å². The normalized spacial score (nSPS) is 10.3. The van der Waals surface area contributed by atoms with Crippen LogP contribution in [0.4, 0.5) is 11.4 Å². The quantitative estimate of drug-likeness (QED) is 0.613. The molecule has 2 aromatic rings. The molecule has 0 aliphatic carbocycles. The molecule has 0 aliphatic heterocycles. The summed E-state index contributed by atoms with van der Waals surface area (Å²) in [4.78, 5) is 11.8. The van der Waals surface area contributed by atoms with Crippen molar-refractivity contribution in [1.29, 1.82) is 0 Å². The van der Waals surface area contributed by atoms with Crippen molar-refractivity contribution in [2.75, 3.05) is 10.6 Å². The van der Waals surface area contributed by atoms with E-state index in [1.165, 1.54) is 5.56 Å². The minimum atomic E-state index is -0.325. The molecule has 0 saturated carbocycles. The molecule has 0 heterocycles. The lowest BCUT2D eigenvalue weighted by Crippen LogP contribution is -2.19. The molecule has 0 spiro atoms. The van der Waals surface area contributed by atoms with Crippen molar-refractivity contribution in [1.82, 2.24) is 0 Å². The Morgan fingerprint density at radius 3 is 2.38 bits per heavy atom. The van der Waals surface area contributed by atoms with Crippen molar-refractivity contribution >= 4 is 34.7 Å². The molecular formula is C19H22N2O2S. The van der Waals surface area contributed by atoms with Crippen LogP contribution in [0, 0.1) is 0 Å². The van der Waals surface area contributed by atoms with Gasteiger partial charge in [0.25, 0.3) is 0 Å². The monoisotopic (exact) mass is 342 g/mol. The van der Waals surface area contributed by atoms with E-state index in [-0.39, 0.29) is 12.1 Å². The Morgan fingerprint density at radius 1 is 1.08 bits per heavy atom. The molecule has 0 amide bonds. The average Bonchev–Trinajstić information content (AvgIpc) is 2.55. The van der Waals surface area contributed by atoms with Gasteiger partial charge in [-0.15, -0.1) is 0 Å². The first-order chi connectivity index (χ1) is 11.5. The highest BCUT2D eigenvalue weighted by Crippen LogP contribution is 2.14. The fourth-order valence-corrected chi connectivity index (χ4v) is 2.37. The van der Waals surface area contributed by atoms with E-state index in [1.54, 1.807) is 24.3 Å². The summed E-state index contributed by atoms with van der Waals surface area (Å²) in [6, 6.07) is 15.1. The predicted molar refractivity (Wildman–Crippen MR) is 103 cm³/mol. The second-order valence-electron chi connectivity index (χ2n) is 5.66. The molecule has 0 bridgehead atoms. The number of esters is 1. The standard InChI is InChI=1S/C19H22N2O2S/c1-4-14-6-5-7-17(12-14)21-19(24)20-16-10-8-15(9-11-16)18(22)23-13(2)3/h5-13H,4H2,1-3H3,(H2,20,21,24). The van der Waals surface area contributed by atoms with Gasteiger partial charge in [0, 0.05) is 11.4 Å². The Labute approximate surface area is 148 Å². The molecule has 0 aromatic heterocycles. The molecule has 126 valence electrons. The Morgan fingerprint density at radius 2 is 1.75 bits per heavy atom. The topological polar surface area (TPSA) is 50.4 Å². The van der Waals surface area contributed by atoms with Crippen molar-refractivity contribution in [3.63, 3.8) is 0 Å². The van der Waals surface area contributed by atoms with Crippen LogP contribution in [0.15, 0.2) is 48.5 Å². The first-order valence-corrected chi connectivity index (χ1v) is 8.36. The predicted octanol–water partition coefficient (Wildman–Crippen LogP) is 4.62. The van der Waals surface area contributed by atoms with Gasteiger partial charge < -0.3 is 15.4 Å². The van der Waals surface area contributed by atoms with Crippen LogP contribution in [0.5, 0.6) is 0 Å². The second kappa shape index (κ2) is 8.45. The van der Waals surface area contributed by atoms with Crippen LogP contribution in [0.2, 0.25) is 0 Å². The number of rotatable bonds is 5. The second-order valence-corrected chi connectivity index (χ2v) is 6.07. The van der Waals surface area contributed by atoms with Crippen LogP contribution in [-0.4, -0.2) is 17.2 Å². The third-order valence-corrected chi connectivity index (χ3v) is 3.52. The summed E-state index contributed by atoms with van der Waals surface area (Å²) in [6.07, 6.45) is 0.842. The molecule has 0 atom stereocenters. The van der Waals surface area contributed by atoms with Gasteiger partial charge in [0.1, 0.15) is 0 Å². The SMILES string of the molecule is CCc1cccc(NC(=S)Nc2ccc(C(=O)OC(C)C)cc2)c1. The number of anilines is 2. The fourth-order valence-electron chi connectivity index (χ4n) is 2.13. The largest absolute Gasteiger partial charge is 0.459 e. The molecule has 24 heavy (non-hydrogen) atoms. The molecule has 4 nitrogen and oxygen atoms in total. The Balaban J connectivity index is 1.95. The lowest BCUT2D eigenvalue weighted by molar-refractivity contribution is 0.0378. The minimum Gasteiger partial charge on any atom is -0.459 e. The van der Waals surface area contributed by atoms with Crippen molar-refractivity contribution in [2.24, 2.45) is 0 Å². The van der Waals surface area contributed by atoms with Crippen LogP contribution in [0.3, 0.4) is 0 Å². The number of hydrogen-bond donors (Lipinski definition) is 2. The van der Waals surface area contributed by atoms with Crippen LogP contribution in [0.1, 0.15) is 36.7 Å². The minimum absolute atomic E-state index is 0.133. The molecule has 0 fully saturated rings. The summed E-state index contributed by atoms with van der Waals surface area (Å²) in [5.74, 6) is -0.325. The van der Waals surface area contributed by atoms with Gasteiger partial charge in [-0.1, -0.05) is 19.1 Å². The van der Waals surface area contributed by atoms with Crippen LogP contribution >= 0.6 is 12.2 Å². The van der Waals surface area contributed by atoms with Gasteiger partial charge in [-0.05, 0) is 74.4 Å². The van der Waals surface area contributed by atoms with E-state index < -0.39 is 0 Å². The van der Waals surface area contributed by atoms with Crippen LogP contribution in [0.25, 0.3) is 0 Å². The lowest BCUT2D eigenvalue weighted by Gasteiger charge is -2.12. The van der Waals surface area contributed by atoms with Gasteiger partial charge in [0.2, 0.25) is 0 Å². The van der Waals surface area contributed by atoms with Gasteiger partial charge in [0.15, 0.2) is 5.11 Å². The number of ether oxygens (including phenoxy) is 1. The van der Waals surface area contributed by atoms with Gasteiger partial charge in [-0.2, -0.15) is 0 Å². The average molecular weight is 342 g/mol. The number of carbonyl (C=O) groups excluding carboxylic acids is 1. The summed E-state index contributed by atoms with van der Waals surface area (Å²) in [7, 11) is 0. The third kappa shape index (κ3) is 5.35. The summed E-state index contributed by atoms with van der Waals surface area (Å²) in [6.45, 7) is 5.76. The molecule has 0 aliphatic rings. The van der Waals surface area contributed by atoms with E-state index >= 15 is 0 Å². The molecule has 2 rings (SSSR count). The molecular weight excluding hydrogens is 320 g/mol. The van der Waals surface area contributed by atoms with Crippen molar-refractivity contribution in [3.05, 3.63) is 59.7 Å². The molecule has 0 saturated heterocycles. The number of nitrogens with one attached hydrogen (secondary N) is 2. The summed E-state index contributed by atoms with van der Waals surface area (Å²) in [5, 5.41) is 6.76. The number of aryl methyl sites for hydroxylation is 1. The van der Waals surface area contributed by atoms with E-state index in [1.807, 2.05) is 26.0 Å². The molecule has 0 unspecified atom stereocenters. The van der Waals surface area contributed by atoms with Crippen molar-refractivity contribution in [3.8, 4) is 0 Å². The first kappa shape index (κ1) is 17.9. The molecule has 2 N–H and O–H groups in total. The maximum absolute atomic E-state index is 11.8. The molecule has 5 heteroatoms. The number of benzene rings is 2. The number of hydrogen-bond acceptors (Lipinski definition) is 3. The zero-order chi connectivity index (χ0) is 17.5. The van der Waals surface area contributed by atoms with E-state index in [0.717, 1.165) is 17.8 Å². The van der Waals surface area contributed by atoms with Gasteiger partial charge in [-0.3, -0.25) is 0 Å². The molecule has 0 radical (unpaired) electrons. The smallest absolute Gasteiger partial charge is 0.338 e. The first-order valence-electron chi connectivity index (χ1n) is 7.96. The summed E-state index contributed by atoms with van der Waals surface area (Å²) < 4.78 is 5.16. The summed E-state index contributed by atoms with van der Waals surface area (Å²) in [5.41, 5.74) is 3.52. The van der Waals surface area contributed by atoms with Crippen molar-refractivity contribution < 1.29 is 9.53 Å². The van der Waals surface area contributed by atoms with Gasteiger partial charge in [-0.25, -0.2) is 4.79 Å². The fraction of sp³-hybridized carbons (Fsp3) is 0.263. The highest BCUT2D eigenvalue weighted by molar-refractivity contribution is 7.80. The lowest BCUT2D eigenvalue weighted by atomic mass is 10.1. The van der Waals surface area contributed by atoms with E-state index in [2.05, 4.69) is 29.7 Å². The Kier molecular flexibility index (Phi) is 6.32. The highest BCUT2D eigenvalue weighted by Gasteiger charge is 2.09. The van der Waals surface area contributed by atoms with Gasteiger partial charge in [0.05, 0.1) is 11.7 Å². The number of thiocarbonyl (C=S) groups is 1. The maximum atomic E-state index is 11.8. The van der Waals surface area contributed by atoms with E-state index in [9.17, 15) is 4.79 Å². The third-order valence-electron chi connectivity index (χ3n) is 3.31.